The minimum atomic E-state index is -0.377. The van der Waals surface area contributed by atoms with E-state index in [1.165, 1.54) is 6.07 Å². The minimum Gasteiger partial charge on any atom is -0.313 e. The van der Waals surface area contributed by atoms with Crippen LogP contribution in [0.3, 0.4) is 0 Å². The first-order valence-corrected chi connectivity index (χ1v) is 6.95. The summed E-state index contributed by atoms with van der Waals surface area (Å²) < 4.78 is 13.5. The zero-order chi connectivity index (χ0) is 14.7. The summed E-state index contributed by atoms with van der Waals surface area (Å²) in [4.78, 5) is 4.48. The Morgan fingerprint density at radius 1 is 1.25 bits per heavy atom. The Morgan fingerprint density at radius 3 is 2.65 bits per heavy atom. The predicted octanol–water partition coefficient (Wildman–Crippen LogP) is 3.99. The van der Waals surface area contributed by atoms with Crippen LogP contribution in [0.4, 0.5) is 4.39 Å². The molecule has 20 heavy (non-hydrogen) atoms. The minimum absolute atomic E-state index is 0.0578. The highest BCUT2D eigenvalue weighted by molar-refractivity contribution is 6.31. The molecule has 0 spiro atoms. The van der Waals surface area contributed by atoms with Gasteiger partial charge in [-0.05, 0) is 50.6 Å². The summed E-state index contributed by atoms with van der Waals surface area (Å²) in [5, 5.41) is 3.45. The monoisotopic (exact) mass is 292 g/mol. The molecule has 0 saturated carbocycles. The molecule has 0 fully saturated rings. The van der Waals surface area contributed by atoms with Gasteiger partial charge in [0, 0.05) is 17.4 Å². The van der Waals surface area contributed by atoms with Gasteiger partial charge < -0.3 is 5.32 Å². The maximum atomic E-state index is 13.5. The standard InChI is InChI=1S/C16H18ClFN2/c1-10-7-8-13(11(2)20-10)15(19-3)9-12-5-4-6-14(18)16(12)17/h4-8,15,19H,9H2,1-3H3. The van der Waals surface area contributed by atoms with Crippen molar-refractivity contribution in [3.8, 4) is 0 Å². The summed E-state index contributed by atoms with van der Waals surface area (Å²) in [5.41, 5.74) is 3.88. The molecule has 1 heterocycles. The van der Waals surface area contributed by atoms with Gasteiger partial charge in [0.05, 0.1) is 5.02 Å². The van der Waals surface area contributed by atoms with Crippen LogP contribution in [0.1, 0.15) is 28.6 Å². The van der Waals surface area contributed by atoms with E-state index in [9.17, 15) is 4.39 Å². The number of pyridine rings is 1. The van der Waals surface area contributed by atoms with E-state index < -0.39 is 0 Å². The summed E-state index contributed by atoms with van der Waals surface area (Å²) in [7, 11) is 1.89. The van der Waals surface area contributed by atoms with Crippen LogP contribution in [0.15, 0.2) is 30.3 Å². The third kappa shape index (κ3) is 3.17. The third-order valence-corrected chi connectivity index (χ3v) is 3.87. The third-order valence-electron chi connectivity index (χ3n) is 3.45. The molecule has 1 N–H and O–H groups in total. The molecule has 0 bridgehead atoms. The second-order valence-electron chi connectivity index (χ2n) is 4.89. The number of nitrogens with one attached hydrogen (secondary N) is 1. The Balaban J connectivity index is 2.31. The van der Waals surface area contributed by atoms with Crippen molar-refractivity contribution in [3.05, 3.63) is 63.7 Å². The van der Waals surface area contributed by atoms with Crippen molar-refractivity contribution in [3.63, 3.8) is 0 Å². The molecule has 1 atom stereocenters. The fourth-order valence-corrected chi connectivity index (χ4v) is 2.56. The molecule has 4 heteroatoms. The molecule has 0 saturated heterocycles. The van der Waals surface area contributed by atoms with Crippen molar-refractivity contribution in [2.24, 2.45) is 0 Å². The fourth-order valence-electron chi connectivity index (χ4n) is 2.36. The maximum absolute atomic E-state index is 13.5. The smallest absolute Gasteiger partial charge is 0.142 e. The number of halogens is 2. The van der Waals surface area contributed by atoms with E-state index in [1.54, 1.807) is 6.07 Å². The molecule has 2 rings (SSSR count). The van der Waals surface area contributed by atoms with Gasteiger partial charge >= 0.3 is 0 Å². The van der Waals surface area contributed by atoms with Gasteiger partial charge in [-0.1, -0.05) is 29.8 Å². The highest BCUT2D eigenvalue weighted by Gasteiger charge is 2.16. The zero-order valence-corrected chi connectivity index (χ0v) is 12.6. The van der Waals surface area contributed by atoms with Crippen molar-refractivity contribution in [2.45, 2.75) is 26.3 Å². The van der Waals surface area contributed by atoms with Crippen LogP contribution in [0.2, 0.25) is 5.02 Å². The summed E-state index contributed by atoms with van der Waals surface area (Å²) in [6.45, 7) is 3.95. The van der Waals surface area contributed by atoms with Crippen molar-refractivity contribution in [2.75, 3.05) is 7.05 Å². The lowest BCUT2D eigenvalue weighted by molar-refractivity contribution is 0.579. The van der Waals surface area contributed by atoms with Gasteiger partial charge in [-0.2, -0.15) is 0 Å². The first-order valence-electron chi connectivity index (χ1n) is 6.57. The molecular weight excluding hydrogens is 275 g/mol. The Labute approximate surface area is 124 Å². The van der Waals surface area contributed by atoms with Crippen molar-refractivity contribution in [1.82, 2.24) is 10.3 Å². The lowest BCUT2D eigenvalue weighted by Gasteiger charge is -2.19. The second kappa shape index (κ2) is 6.33. The van der Waals surface area contributed by atoms with Gasteiger partial charge in [-0.3, -0.25) is 4.98 Å². The summed E-state index contributed by atoms with van der Waals surface area (Å²) >= 11 is 6.03. The highest BCUT2D eigenvalue weighted by atomic mass is 35.5. The molecule has 0 aliphatic rings. The van der Waals surface area contributed by atoms with Gasteiger partial charge in [-0.15, -0.1) is 0 Å². The van der Waals surface area contributed by atoms with Crippen molar-refractivity contribution < 1.29 is 4.39 Å². The molecule has 0 amide bonds. The van der Waals surface area contributed by atoms with E-state index >= 15 is 0 Å². The molecule has 2 nitrogen and oxygen atoms in total. The van der Waals surface area contributed by atoms with Gasteiger partial charge in [0.25, 0.3) is 0 Å². The van der Waals surface area contributed by atoms with Gasteiger partial charge in [0.2, 0.25) is 0 Å². The van der Waals surface area contributed by atoms with E-state index in [4.69, 9.17) is 11.6 Å². The molecule has 1 unspecified atom stereocenters. The quantitative estimate of drug-likeness (QED) is 0.921. The van der Waals surface area contributed by atoms with E-state index in [1.807, 2.05) is 33.0 Å². The average molecular weight is 293 g/mol. The zero-order valence-electron chi connectivity index (χ0n) is 11.9. The number of likely N-dealkylation sites (N-methyl/N-ethyl adjacent to an activating group) is 1. The first-order chi connectivity index (χ1) is 9.52. The van der Waals surface area contributed by atoms with Crippen LogP contribution in [0.25, 0.3) is 0 Å². The number of rotatable bonds is 4. The Kier molecular flexibility index (Phi) is 4.73. The van der Waals surface area contributed by atoms with Gasteiger partial charge in [-0.25, -0.2) is 4.39 Å². The maximum Gasteiger partial charge on any atom is 0.142 e. The number of aromatic nitrogens is 1. The number of benzene rings is 1. The lowest BCUT2D eigenvalue weighted by atomic mass is 9.97. The molecule has 1 aromatic carbocycles. The molecule has 106 valence electrons. The second-order valence-corrected chi connectivity index (χ2v) is 5.26. The number of aryl methyl sites for hydroxylation is 2. The van der Waals surface area contributed by atoms with E-state index in [-0.39, 0.29) is 16.9 Å². The highest BCUT2D eigenvalue weighted by Crippen LogP contribution is 2.26. The molecule has 0 radical (unpaired) electrons. The molecule has 0 aliphatic heterocycles. The SMILES string of the molecule is CNC(Cc1cccc(F)c1Cl)c1ccc(C)nc1C. The van der Waals surface area contributed by atoms with Crippen LogP contribution < -0.4 is 5.32 Å². The van der Waals surface area contributed by atoms with E-state index in [0.29, 0.717) is 6.42 Å². The lowest BCUT2D eigenvalue weighted by Crippen LogP contribution is -2.20. The topological polar surface area (TPSA) is 24.9 Å². The van der Waals surface area contributed by atoms with Crippen LogP contribution in [0.5, 0.6) is 0 Å². The Morgan fingerprint density at radius 2 is 2.00 bits per heavy atom. The molecular formula is C16H18ClFN2. The Bertz CT molecular complexity index is 613. The molecule has 1 aromatic heterocycles. The average Bonchev–Trinajstić information content (AvgIpc) is 2.41. The first kappa shape index (κ1) is 14.9. The summed E-state index contributed by atoms with van der Waals surface area (Å²) in [6, 6.07) is 9.02. The van der Waals surface area contributed by atoms with Crippen LogP contribution in [-0.4, -0.2) is 12.0 Å². The number of hydrogen-bond donors (Lipinski definition) is 1. The number of nitrogens with zero attached hydrogens (tertiary/aromatic N) is 1. The molecule has 0 aliphatic carbocycles. The van der Waals surface area contributed by atoms with Gasteiger partial charge in [0.1, 0.15) is 5.82 Å². The fraction of sp³-hybridized carbons (Fsp3) is 0.312. The van der Waals surface area contributed by atoms with Crippen molar-refractivity contribution in [1.29, 1.82) is 0 Å². The summed E-state index contributed by atoms with van der Waals surface area (Å²) in [6.07, 6.45) is 0.624. The Hall–Kier alpha value is -1.45. The predicted molar refractivity (Wildman–Crippen MR) is 80.6 cm³/mol. The van der Waals surface area contributed by atoms with Crippen molar-refractivity contribution >= 4 is 11.6 Å². The normalized spacial score (nSPS) is 12.4. The van der Waals surface area contributed by atoms with Crippen LogP contribution >= 0.6 is 11.6 Å². The van der Waals surface area contributed by atoms with Gasteiger partial charge in [0.15, 0.2) is 0 Å². The van der Waals surface area contributed by atoms with E-state index in [2.05, 4.69) is 16.4 Å². The van der Waals surface area contributed by atoms with Crippen LogP contribution in [0, 0.1) is 19.7 Å². The van der Waals surface area contributed by atoms with Crippen LogP contribution in [-0.2, 0) is 6.42 Å². The summed E-state index contributed by atoms with van der Waals surface area (Å²) in [5.74, 6) is -0.377. The van der Waals surface area contributed by atoms with E-state index in [0.717, 1.165) is 22.5 Å². The number of hydrogen-bond acceptors (Lipinski definition) is 2. The largest absolute Gasteiger partial charge is 0.313 e. The molecule has 2 aromatic rings.